The predicted molar refractivity (Wildman–Crippen MR) is 108 cm³/mol. The quantitative estimate of drug-likeness (QED) is 0.517. The van der Waals surface area contributed by atoms with Crippen LogP contribution >= 0.6 is 0 Å². The van der Waals surface area contributed by atoms with Gasteiger partial charge in [0, 0.05) is 29.0 Å². The minimum absolute atomic E-state index is 0.336. The first-order valence-corrected chi connectivity index (χ1v) is 8.96. The van der Waals surface area contributed by atoms with E-state index in [0.717, 1.165) is 22.2 Å². The van der Waals surface area contributed by atoms with Gasteiger partial charge in [-0.25, -0.2) is 14.8 Å². The first kappa shape index (κ1) is 17.6. The number of ether oxygens (including phenoxy) is 1. The smallest absolute Gasteiger partial charge is 0.338 e. The number of nitrogens with zero attached hydrogens (tertiary/aromatic N) is 3. The number of esters is 1. The minimum atomic E-state index is -0.351. The van der Waals surface area contributed by atoms with Gasteiger partial charge in [0.1, 0.15) is 5.82 Å². The third-order valence-electron chi connectivity index (χ3n) is 4.18. The standard InChI is InChI=1S/C22H18N4O2/c1-2-28-22(27)16-6-5-7-17(14-16)24-21-18-8-3-4-9-19(18)25-20(26-21)15-10-12-23-13-11-15/h3-14H,2H2,1H3,(H,24,25,26). The molecular formula is C22H18N4O2. The molecule has 0 saturated carbocycles. The van der Waals surface area contributed by atoms with Crippen molar-refractivity contribution in [3.63, 3.8) is 0 Å². The van der Waals surface area contributed by atoms with Gasteiger partial charge in [-0.05, 0) is 49.4 Å². The summed E-state index contributed by atoms with van der Waals surface area (Å²) >= 11 is 0. The number of anilines is 2. The van der Waals surface area contributed by atoms with Crippen molar-refractivity contribution in [2.45, 2.75) is 6.92 Å². The number of carbonyl (C=O) groups is 1. The number of hydrogen-bond donors (Lipinski definition) is 1. The highest BCUT2D eigenvalue weighted by Gasteiger charge is 2.11. The number of aromatic nitrogens is 3. The molecule has 2 aromatic heterocycles. The summed E-state index contributed by atoms with van der Waals surface area (Å²) in [5, 5.41) is 4.21. The molecule has 1 N–H and O–H groups in total. The van der Waals surface area contributed by atoms with E-state index in [2.05, 4.69) is 15.3 Å². The molecule has 0 saturated heterocycles. The highest BCUT2D eigenvalue weighted by molar-refractivity contribution is 5.94. The van der Waals surface area contributed by atoms with Crippen molar-refractivity contribution in [3.05, 3.63) is 78.6 Å². The van der Waals surface area contributed by atoms with Crippen LogP contribution in [0.5, 0.6) is 0 Å². The summed E-state index contributed by atoms with van der Waals surface area (Å²) in [6.45, 7) is 2.12. The Kier molecular flexibility index (Phi) is 4.93. The molecule has 138 valence electrons. The van der Waals surface area contributed by atoms with E-state index in [1.54, 1.807) is 31.5 Å². The molecule has 6 nitrogen and oxygen atoms in total. The van der Waals surface area contributed by atoms with Crippen molar-refractivity contribution in [2.24, 2.45) is 0 Å². The third-order valence-corrected chi connectivity index (χ3v) is 4.18. The van der Waals surface area contributed by atoms with Gasteiger partial charge < -0.3 is 10.1 Å². The van der Waals surface area contributed by atoms with E-state index in [4.69, 9.17) is 9.72 Å². The predicted octanol–water partition coefficient (Wildman–Crippen LogP) is 4.61. The average molecular weight is 370 g/mol. The van der Waals surface area contributed by atoms with Gasteiger partial charge >= 0.3 is 5.97 Å². The van der Waals surface area contributed by atoms with Crippen molar-refractivity contribution in [2.75, 3.05) is 11.9 Å². The number of rotatable bonds is 5. The Labute approximate surface area is 162 Å². The summed E-state index contributed by atoms with van der Waals surface area (Å²) in [5.74, 6) is 0.916. The molecule has 6 heteroatoms. The molecule has 0 amide bonds. The molecule has 2 aromatic carbocycles. The number of nitrogens with one attached hydrogen (secondary N) is 1. The summed E-state index contributed by atoms with van der Waals surface area (Å²) in [7, 11) is 0. The van der Waals surface area contributed by atoms with Gasteiger partial charge in [-0.3, -0.25) is 4.98 Å². The van der Waals surface area contributed by atoms with Crippen molar-refractivity contribution in [1.29, 1.82) is 0 Å². The normalized spacial score (nSPS) is 10.6. The second-order valence-corrected chi connectivity index (χ2v) is 6.08. The Morgan fingerprint density at radius 3 is 2.64 bits per heavy atom. The Morgan fingerprint density at radius 1 is 1.00 bits per heavy atom. The van der Waals surface area contributed by atoms with Crippen LogP contribution in [-0.4, -0.2) is 27.5 Å². The van der Waals surface area contributed by atoms with E-state index in [1.807, 2.05) is 48.5 Å². The van der Waals surface area contributed by atoms with Crippen LogP contribution in [0.4, 0.5) is 11.5 Å². The fourth-order valence-electron chi connectivity index (χ4n) is 2.88. The molecular weight excluding hydrogens is 352 g/mol. The molecule has 0 aliphatic rings. The zero-order valence-electron chi connectivity index (χ0n) is 15.3. The largest absolute Gasteiger partial charge is 0.462 e. The third kappa shape index (κ3) is 3.66. The molecule has 2 heterocycles. The molecule has 4 aromatic rings. The van der Waals surface area contributed by atoms with Crippen LogP contribution in [0, 0.1) is 0 Å². The van der Waals surface area contributed by atoms with Crippen molar-refractivity contribution in [3.8, 4) is 11.4 Å². The Bertz CT molecular complexity index is 1130. The van der Waals surface area contributed by atoms with Crippen LogP contribution in [0.2, 0.25) is 0 Å². The van der Waals surface area contributed by atoms with Crippen LogP contribution in [0.15, 0.2) is 73.1 Å². The Balaban J connectivity index is 1.76. The van der Waals surface area contributed by atoms with E-state index in [-0.39, 0.29) is 5.97 Å². The summed E-state index contributed by atoms with van der Waals surface area (Å²) in [4.78, 5) is 25.4. The summed E-state index contributed by atoms with van der Waals surface area (Å²) in [5.41, 5.74) is 2.94. The summed E-state index contributed by atoms with van der Waals surface area (Å²) in [6.07, 6.45) is 3.42. The maximum absolute atomic E-state index is 12.0. The van der Waals surface area contributed by atoms with Crippen molar-refractivity contribution < 1.29 is 9.53 Å². The molecule has 0 unspecified atom stereocenters. The van der Waals surface area contributed by atoms with Gasteiger partial charge in [-0.2, -0.15) is 0 Å². The van der Waals surface area contributed by atoms with Gasteiger partial charge in [0.25, 0.3) is 0 Å². The lowest BCUT2D eigenvalue weighted by atomic mass is 10.1. The lowest BCUT2D eigenvalue weighted by Crippen LogP contribution is -2.05. The maximum atomic E-state index is 12.0. The maximum Gasteiger partial charge on any atom is 0.338 e. The first-order valence-electron chi connectivity index (χ1n) is 8.96. The highest BCUT2D eigenvalue weighted by atomic mass is 16.5. The number of carbonyl (C=O) groups excluding carboxylic acids is 1. The van der Waals surface area contributed by atoms with E-state index >= 15 is 0 Å². The molecule has 0 aliphatic carbocycles. The molecule has 0 fully saturated rings. The van der Waals surface area contributed by atoms with E-state index in [9.17, 15) is 4.79 Å². The average Bonchev–Trinajstić information content (AvgIpc) is 2.75. The monoisotopic (exact) mass is 370 g/mol. The Morgan fingerprint density at radius 2 is 1.82 bits per heavy atom. The molecule has 0 atom stereocenters. The zero-order chi connectivity index (χ0) is 19.3. The fraction of sp³-hybridized carbons (Fsp3) is 0.0909. The lowest BCUT2D eigenvalue weighted by molar-refractivity contribution is 0.0526. The Hall–Kier alpha value is -3.80. The van der Waals surface area contributed by atoms with E-state index in [1.165, 1.54) is 0 Å². The van der Waals surface area contributed by atoms with Gasteiger partial charge in [-0.15, -0.1) is 0 Å². The second kappa shape index (κ2) is 7.84. The second-order valence-electron chi connectivity index (χ2n) is 6.08. The van der Waals surface area contributed by atoms with Gasteiger partial charge in [-0.1, -0.05) is 18.2 Å². The number of pyridine rings is 1. The molecule has 0 bridgehead atoms. The van der Waals surface area contributed by atoms with Crippen LogP contribution in [0.1, 0.15) is 17.3 Å². The molecule has 0 radical (unpaired) electrons. The highest BCUT2D eigenvalue weighted by Crippen LogP contribution is 2.27. The minimum Gasteiger partial charge on any atom is -0.462 e. The first-order chi connectivity index (χ1) is 13.7. The topological polar surface area (TPSA) is 77.0 Å². The van der Waals surface area contributed by atoms with Crippen LogP contribution in [-0.2, 0) is 4.74 Å². The summed E-state index contributed by atoms with van der Waals surface area (Å²) in [6, 6.07) is 18.7. The summed E-state index contributed by atoms with van der Waals surface area (Å²) < 4.78 is 5.08. The van der Waals surface area contributed by atoms with Crippen molar-refractivity contribution >= 4 is 28.4 Å². The van der Waals surface area contributed by atoms with Crippen LogP contribution in [0.25, 0.3) is 22.3 Å². The SMILES string of the molecule is CCOC(=O)c1cccc(Nc2nc(-c3ccncc3)nc3ccccc23)c1. The van der Waals surface area contributed by atoms with Crippen molar-refractivity contribution in [1.82, 2.24) is 15.0 Å². The van der Waals surface area contributed by atoms with E-state index in [0.29, 0.717) is 23.8 Å². The number of fused-ring (bicyclic) bond motifs is 1. The number of benzene rings is 2. The van der Waals surface area contributed by atoms with Gasteiger partial charge in [0.15, 0.2) is 5.82 Å². The van der Waals surface area contributed by atoms with E-state index < -0.39 is 0 Å². The molecule has 0 spiro atoms. The van der Waals surface area contributed by atoms with Crippen LogP contribution in [0.3, 0.4) is 0 Å². The number of para-hydroxylation sites is 1. The molecule has 0 aliphatic heterocycles. The zero-order valence-corrected chi connectivity index (χ0v) is 15.3. The fourth-order valence-corrected chi connectivity index (χ4v) is 2.88. The lowest BCUT2D eigenvalue weighted by Gasteiger charge is -2.12. The van der Waals surface area contributed by atoms with Gasteiger partial charge in [0.05, 0.1) is 17.7 Å². The molecule has 4 rings (SSSR count). The number of hydrogen-bond acceptors (Lipinski definition) is 6. The molecule has 28 heavy (non-hydrogen) atoms. The van der Waals surface area contributed by atoms with Crippen LogP contribution < -0.4 is 5.32 Å². The van der Waals surface area contributed by atoms with Gasteiger partial charge in [0.2, 0.25) is 0 Å².